The van der Waals surface area contributed by atoms with Gasteiger partial charge in [-0.3, -0.25) is 10.1 Å². The number of nitrogens with zero attached hydrogens (tertiary/aromatic N) is 2. The van der Waals surface area contributed by atoms with Crippen LogP contribution in [-0.4, -0.2) is 21.6 Å². The molecule has 5 nitrogen and oxygen atoms in total. The van der Waals surface area contributed by atoms with Crippen LogP contribution in [0.3, 0.4) is 0 Å². The van der Waals surface area contributed by atoms with Crippen LogP contribution >= 0.6 is 11.3 Å². The normalized spacial score (nSPS) is 28.1. The number of nitrogens with two attached hydrogens (primary N) is 1. The second kappa shape index (κ2) is 5.32. The van der Waals surface area contributed by atoms with Gasteiger partial charge in [0.05, 0.1) is 5.54 Å². The molecule has 0 saturated heterocycles. The molecule has 1 aliphatic carbocycles. The number of hydrogen-bond acceptors (Lipinski definition) is 5. The van der Waals surface area contributed by atoms with E-state index in [4.69, 9.17) is 5.73 Å². The predicted molar refractivity (Wildman–Crippen MR) is 72.5 cm³/mol. The Morgan fingerprint density at radius 2 is 2.39 bits per heavy atom. The fourth-order valence-electron chi connectivity index (χ4n) is 2.47. The average molecular weight is 268 g/mol. The van der Waals surface area contributed by atoms with Gasteiger partial charge in [-0.2, -0.15) is 0 Å². The fraction of sp³-hybridized carbons (Fsp3) is 0.750. The summed E-state index contributed by atoms with van der Waals surface area (Å²) in [7, 11) is 0. The summed E-state index contributed by atoms with van der Waals surface area (Å²) >= 11 is 1.41. The van der Waals surface area contributed by atoms with Crippen molar-refractivity contribution in [2.24, 2.45) is 11.7 Å². The molecule has 3 N–H and O–H groups in total. The Bertz CT molecular complexity index is 433. The molecule has 18 heavy (non-hydrogen) atoms. The summed E-state index contributed by atoms with van der Waals surface area (Å²) in [6.07, 6.45) is 4.51. The number of aryl methyl sites for hydroxylation is 1. The second-order valence-corrected chi connectivity index (χ2v) is 6.23. The predicted octanol–water partition coefficient (Wildman–Crippen LogP) is 1.95. The van der Waals surface area contributed by atoms with Crippen molar-refractivity contribution in [1.29, 1.82) is 0 Å². The lowest BCUT2D eigenvalue weighted by Gasteiger charge is -2.34. The third kappa shape index (κ3) is 2.87. The molecule has 0 aromatic carbocycles. The lowest BCUT2D eigenvalue weighted by atomic mass is 9.76. The van der Waals surface area contributed by atoms with Gasteiger partial charge in [0.15, 0.2) is 0 Å². The zero-order valence-electron chi connectivity index (χ0n) is 10.9. The van der Waals surface area contributed by atoms with Crippen LogP contribution in [0.5, 0.6) is 0 Å². The van der Waals surface area contributed by atoms with Crippen molar-refractivity contribution < 1.29 is 4.79 Å². The Kier molecular flexibility index (Phi) is 3.97. The van der Waals surface area contributed by atoms with Gasteiger partial charge in [0.1, 0.15) is 5.01 Å². The third-order valence-corrected chi connectivity index (χ3v) is 4.46. The van der Waals surface area contributed by atoms with Gasteiger partial charge >= 0.3 is 0 Å². The lowest BCUT2D eigenvalue weighted by molar-refractivity contribution is -0.122. The molecule has 1 saturated carbocycles. The van der Waals surface area contributed by atoms with Gasteiger partial charge in [-0.05, 0) is 25.2 Å². The first-order chi connectivity index (χ1) is 8.53. The first-order valence-corrected chi connectivity index (χ1v) is 7.28. The monoisotopic (exact) mass is 268 g/mol. The van der Waals surface area contributed by atoms with Crippen molar-refractivity contribution in [2.45, 2.75) is 51.5 Å². The van der Waals surface area contributed by atoms with E-state index in [1.165, 1.54) is 11.3 Å². The molecule has 1 fully saturated rings. The van der Waals surface area contributed by atoms with Gasteiger partial charge in [-0.1, -0.05) is 38.0 Å². The third-order valence-electron chi connectivity index (χ3n) is 3.47. The molecule has 6 heteroatoms. The van der Waals surface area contributed by atoms with Crippen LogP contribution < -0.4 is 11.1 Å². The molecule has 0 bridgehead atoms. The summed E-state index contributed by atoms with van der Waals surface area (Å²) < 4.78 is 0. The summed E-state index contributed by atoms with van der Waals surface area (Å²) in [5, 5.41) is 12.2. The highest BCUT2D eigenvalue weighted by Crippen LogP contribution is 2.31. The SMILES string of the molecule is CCc1nnc(NC(=O)C2(N)CCCC(C)C2)s1. The molecule has 1 aliphatic rings. The minimum absolute atomic E-state index is 0.118. The summed E-state index contributed by atoms with van der Waals surface area (Å²) in [6, 6.07) is 0. The number of nitrogens with one attached hydrogen (secondary N) is 1. The highest BCUT2D eigenvalue weighted by Gasteiger charge is 2.38. The van der Waals surface area contributed by atoms with Crippen molar-refractivity contribution in [3.8, 4) is 0 Å². The fourth-order valence-corrected chi connectivity index (χ4v) is 3.14. The largest absolute Gasteiger partial charge is 0.317 e. The van der Waals surface area contributed by atoms with Crippen molar-refractivity contribution in [3.05, 3.63) is 5.01 Å². The average Bonchev–Trinajstić information content (AvgIpc) is 2.76. The zero-order chi connectivity index (χ0) is 13.2. The lowest BCUT2D eigenvalue weighted by Crippen LogP contribution is -2.53. The van der Waals surface area contributed by atoms with E-state index in [2.05, 4.69) is 22.4 Å². The minimum atomic E-state index is -0.740. The quantitative estimate of drug-likeness (QED) is 0.878. The van der Waals surface area contributed by atoms with Crippen LogP contribution in [0.1, 0.15) is 44.5 Å². The van der Waals surface area contributed by atoms with Gasteiger partial charge < -0.3 is 5.73 Å². The van der Waals surface area contributed by atoms with E-state index in [0.717, 1.165) is 37.1 Å². The number of carbonyl (C=O) groups is 1. The van der Waals surface area contributed by atoms with Crippen LogP contribution in [0, 0.1) is 5.92 Å². The Labute approximate surface area is 111 Å². The topological polar surface area (TPSA) is 80.9 Å². The molecule has 2 atom stereocenters. The minimum Gasteiger partial charge on any atom is -0.317 e. The molecule has 0 radical (unpaired) electrons. The first kappa shape index (κ1) is 13.4. The number of rotatable bonds is 3. The maximum atomic E-state index is 12.2. The van der Waals surface area contributed by atoms with Crippen molar-refractivity contribution >= 4 is 22.4 Å². The Morgan fingerprint density at radius 3 is 3.00 bits per heavy atom. The smallest absolute Gasteiger partial charge is 0.246 e. The zero-order valence-corrected chi connectivity index (χ0v) is 11.7. The Morgan fingerprint density at radius 1 is 1.61 bits per heavy atom. The molecular formula is C12H20N4OS. The van der Waals surface area contributed by atoms with E-state index in [9.17, 15) is 4.79 Å². The summed E-state index contributed by atoms with van der Waals surface area (Å²) in [4.78, 5) is 12.2. The molecule has 2 rings (SSSR count). The van der Waals surface area contributed by atoms with Crippen molar-refractivity contribution in [2.75, 3.05) is 5.32 Å². The molecule has 1 aromatic heterocycles. The molecular weight excluding hydrogens is 248 g/mol. The van der Waals surface area contributed by atoms with Gasteiger partial charge in [0.2, 0.25) is 11.0 Å². The summed E-state index contributed by atoms with van der Waals surface area (Å²) in [6.45, 7) is 4.16. The van der Waals surface area contributed by atoms with E-state index in [1.807, 2.05) is 6.92 Å². The standard InChI is InChI=1S/C12H20N4OS/c1-3-9-15-16-11(18-9)14-10(17)12(13)6-4-5-8(2)7-12/h8H,3-7,13H2,1-2H3,(H,14,16,17). The van der Waals surface area contributed by atoms with Crippen LogP contribution in [-0.2, 0) is 11.2 Å². The molecule has 1 heterocycles. The van der Waals surface area contributed by atoms with Gasteiger partial charge in [0, 0.05) is 0 Å². The molecule has 0 aliphatic heterocycles. The number of aromatic nitrogens is 2. The van der Waals surface area contributed by atoms with E-state index in [0.29, 0.717) is 11.0 Å². The van der Waals surface area contributed by atoms with E-state index >= 15 is 0 Å². The molecule has 1 amide bonds. The van der Waals surface area contributed by atoms with E-state index < -0.39 is 5.54 Å². The molecule has 0 spiro atoms. The van der Waals surface area contributed by atoms with Crippen LogP contribution in [0.4, 0.5) is 5.13 Å². The second-order valence-electron chi connectivity index (χ2n) is 5.17. The molecule has 2 unspecified atom stereocenters. The van der Waals surface area contributed by atoms with Crippen LogP contribution in [0.2, 0.25) is 0 Å². The van der Waals surface area contributed by atoms with E-state index in [1.54, 1.807) is 0 Å². The highest BCUT2D eigenvalue weighted by atomic mass is 32.1. The maximum Gasteiger partial charge on any atom is 0.246 e. The van der Waals surface area contributed by atoms with Gasteiger partial charge in [-0.25, -0.2) is 0 Å². The Hall–Kier alpha value is -1.01. The van der Waals surface area contributed by atoms with Gasteiger partial charge in [0.25, 0.3) is 0 Å². The maximum absolute atomic E-state index is 12.2. The number of anilines is 1. The number of hydrogen-bond donors (Lipinski definition) is 2. The number of amides is 1. The van der Waals surface area contributed by atoms with Crippen molar-refractivity contribution in [1.82, 2.24) is 10.2 Å². The van der Waals surface area contributed by atoms with Crippen LogP contribution in [0.25, 0.3) is 0 Å². The Balaban J connectivity index is 2.02. The van der Waals surface area contributed by atoms with E-state index in [-0.39, 0.29) is 5.91 Å². The molecule has 1 aromatic rings. The summed E-state index contributed by atoms with van der Waals surface area (Å²) in [5.74, 6) is 0.392. The van der Waals surface area contributed by atoms with Crippen molar-refractivity contribution in [3.63, 3.8) is 0 Å². The highest BCUT2D eigenvalue weighted by molar-refractivity contribution is 7.15. The summed E-state index contributed by atoms with van der Waals surface area (Å²) in [5.41, 5.74) is 5.48. The number of carbonyl (C=O) groups excluding carboxylic acids is 1. The molecule has 100 valence electrons. The first-order valence-electron chi connectivity index (χ1n) is 6.46. The van der Waals surface area contributed by atoms with Gasteiger partial charge in [-0.15, -0.1) is 10.2 Å². The van der Waals surface area contributed by atoms with Crippen LogP contribution in [0.15, 0.2) is 0 Å².